The summed E-state index contributed by atoms with van der Waals surface area (Å²) in [6.45, 7) is 3.63. The van der Waals surface area contributed by atoms with Gasteiger partial charge in [0, 0.05) is 5.92 Å². The zero-order valence-corrected chi connectivity index (χ0v) is 12.4. The number of rotatable bonds is 8. The zero-order chi connectivity index (χ0) is 15.8. The highest BCUT2D eigenvalue weighted by Gasteiger charge is 2.23. The third-order valence-corrected chi connectivity index (χ3v) is 3.39. The molecule has 21 heavy (non-hydrogen) atoms. The molecule has 0 fully saturated rings. The van der Waals surface area contributed by atoms with E-state index >= 15 is 0 Å². The molecule has 0 spiro atoms. The topological polar surface area (TPSA) is 66.4 Å². The average molecular weight is 295 g/mol. The van der Waals surface area contributed by atoms with Crippen molar-refractivity contribution in [2.24, 2.45) is 5.92 Å². The Morgan fingerprint density at radius 2 is 2.00 bits per heavy atom. The standard InChI is InChI=1S/C16H22FNO3/c1-3-4-9-14(16(20)21)18-15(19)11(2)10-12-7-5-6-8-13(12)17/h5-8,11,14H,3-4,9-10H2,1-2H3,(H,18,19)(H,20,21)/t11?,14-/m0/s1. The lowest BCUT2D eigenvalue weighted by atomic mass is 9.99. The van der Waals surface area contributed by atoms with Crippen LogP contribution in [0.25, 0.3) is 0 Å². The van der Waals surface area contributed by atoms with E-state index in [2.05, 4.69) is 5.32 Å². The van der Waals surface area contributed by atoms with Gasteiger partial charge in [0.15, 0.2) is 0 Å². The largest absolute Gasteiger partial charge is 0.480 e. The number of carbonyl (C=O) groups is 2. The second-order valence-electron chi connectivity index (χ2n) is 5.24. The maximum atomic E-state index is 13.5. The molecule has 0 bridgehead atoms. The lowest BCUT2D eigenvalue weighted by Crippen LogP contribution is -2.43. The summed E-state index contributed by atoms with van der Waals surface area (Å²) in [7, 11) is 0. The number of aliphatic carboxylic acids is 1. The zero-order valence-electron chi connectivity index (χ0n) is 12.4. The lowest BCUT2D eigenvalue weighted by Gasteiger charge is -2.18. The van der Waals surface area contributed by atoms with E-state index in [0.717, 1.165) is 12.8 Å². The molecule has 0 aromatic heterocycles. The number of halogens is 1. The molecule has 2 atom stereocenters. The van der Waals surface area contributed by atoms with Gasteiger partial charge in [-0.2, -0.15) is 0 Å². The Bertz CT molecular complexity index is 490. The fourth-order valence-electron chi connectivity index (χ4n) is 2.07. The molecule has 116 valence electrons. The van der Waals surface area contributed by atoms with Gasteiger partial charge in [-0.05, 0) is 24.5 Å². The molecule has 0 aliphatic heterocycles. The predicted molar refractivity (Wildman–Crippen MR) is 78.4 cm³/mol. The minimum Gasteiger partial charge on any atom is -0.480 e. The van der Waals surface area contributed by atoms with Crippen LogP contribution in [0.3, 0.4) is 0 Å². The molecule has 0 saturated heterocycles. The van der Waals surface area contributed by atoms with Crippen molar-refractivity contribution < 1.29 is 19.1 Å². The van der Waals surface area contributed by atoms with Gasteiger partial charge in [-0.15, -0.1) is 0 Å². The normalized spacial score (nSPS) is 13.5. The molecule has 0 aliphatic carbocycles. The van der Waals surface area contributed by atoms with Crippen LogP contribution in [-0.4, -0.2) is 23.0 Å². The summed E-state index contributed by atoms with van der Waals surface area (Å²) in [4.78, 5) is 23.1. The van der Waals surface area contributed by atoms with E-state index in [9.17, 15) is 14.0 Å². The van der Waals surface area contributed by atoms with Crippen molar-refractivity contribution in [2.75, 3.05) is 0 Å². The first-order valence-electron chi connectivity index (χ1n) is 7.22. The lowest BCUT2D eigenvalue weighted by molar-refractivity contribution is -0.142. The van der Waals surface area contributed by atoms with Crippen LogP contribution in [0.5, 0.6) is 0 Å². The molecule has 0 radical (unpaired) electrons. The summed E-state index contributed by atoms with van der Waals surface area (Å²) < 4.78 is 13.5. The number of amides is 1. The number of nitrogens with one attached hydrogen (secondary N) is 1. The van der Waals surface area contributed by atoms with E-state index in [1.807, 2.05) is 6.92 Å². The van der Waals surface area contributed by atoms with E-state index in [0.29, 0.717) is 12.0 Å². The average Bonchev–Trinajstić information content (AvgIpc) is 2.45. The van der Waals surface area contributed by atoms with Gasteiger partial charge >= 0.3 is 5.97 Å². The molecule has 0 aliphatic rings. The minimum absolute atomic E-state index is 0.249. The molecule has 1 amide bonds. The van der Waals surface area contributed by atoms with E-state index in [4.69, 9.17) is 5.11 Å². The molecule has 0 saturated carbocycles. The van der Waals surface area contributed by atoms with Crippen LogP contribution in [0.1, 0.15) is 38.7 Å². The second kappa shape index (κ2) is 8.39. The van der Waals surface area contributed by atoms with Crippen LogP contribution in [0.2, 0.25) is 0 Å². The van der Waals surface area contributed by atoms with Crippen LogP contribution in [0, 0.1) is 11.7 Å². The Kier molecular flexibility index (Phi) is 6.85. The van der Waals surface area contributed by atoms with Crippen molar-refractivity contribution in [1.82, 2.24) is 5.32 Å². The molecular formula is C16H22FNO3. The number of carbonyl (C=O) groups excluding carboxylic acids is 1. The van der Waals surface area contributed by atoms with Crippen molar-refractivity contribution >= 4 is 11.9 Å². The highest BCUT2D eigenvalue weighted by atomic mass is 19.1. The van der Waals surface area contributed by atoms with E-state index in [-0.39, 0.29) is 18.1 Å². The first kappa shape index (κ1) is 17.1. The van der Waals surface area contributed by atoms with E-state index in [1.165, 1.54) is 6.07 Å². The summed E-state index contributed by atoms with van der Waals surface area (Å²) in [6.07, 6.45) is 2.26. The van der Waals surface area contributed by atoms with Crippen LogP contribution >= 0.6 is 0 Å². The maximum absolute atomic E-state index is 13.5. The van der Waals surface area contributed by atoms with Gasteiger partial charge in [0.05, 0.1) is 0 Å². The van der Waals surface area contributed by atoms with Crippen molar-refractivity contribution in [1.29, 1.82) is 0 Å². The van der Waals surface area contributed by atoms with Crippen LogP contribution in [0.4, 0.5) is 4.39 Å². The molecule has 1 unspecified atom stereocenters. The number of hydrogen-bond acceptors (Lipinski definition) is 2. The van der Waals surface area contributed by atoms with Crippen molar-refractivity contribution in [2.45, 2.75) is 45.6 Å². The third kappa shape index (κ3) is 5.53. The highest BCUT2D eigenvalue weighted by Crippen LogP contribution is 2.13. The van der Waals surface area contributed by atoms with Gasteiger partial charge in [0.2, 0.25) is 5.91 Å². The Morgan fingerprint density at radius 3 is 2.57 bits per heavy atom. The molecular weight excluding hydrogens is 273 g/mol. The summed E-state index contributed by atoms with van der Waals surface area (Å²) in [5, 5.41) is 11.6. The van der Waals surface area contributed by atoms with Gasteiger partial charge in [-0.3, -0.25) is 4.79 Å². The van der Waals surface area contributed by atoms with Gasteiger partial charge in [-0.25, -0.2) is 9.18 Å². The number of carboxylic acids is 1. The van der Waals surface area contributed by atoms with Gasteiger partial charge in [-0.1, -0.05) is 44.9 Å². The SMILES string of the molecule is CCCC[C@H](NC(=O)C(C)Cc1ccccc1F)C(=O)O. The summed E-state index contributed by atoms with van der Waals surface area (Å²) in [5.74, 6) is -2.22. The highest BCUT2D eigenvalue weighted by molar-refractivity contribution is 5.84. The van der Waals surface area contributed by atoms with E-state index in [1.54, 1.807) is 25.1 Å². The Morgan fingerprint density at radius 1 is 1.33 bits per heavy atom. The fourth-order valence-corrected chi connectivity index (χ4v) is 2.07. The van der Waals surface area contributed by atoms with Crippen LogP contribution < -0.4 is 5.32 Å². The van der Waals surface area contributed by atoms with Crippen LogP contribution in [-0.2, 0) is 16.0 Å². The summed E-state index contributed by atoms with van der Waals surface area (Å²) >= 11 is 0. The summed E-state index contributed by atoms with van der Waals surface area (Å²) in [6, 6.07) is 5.41. The fraction of sp³-hybridized carbons (Fsp3) is 0.500. The van der Waals surface area contributed by atoms with Crippen molar-refractivity contribution in [3.8, 4) is 0 Å². The van der Waals surface area contributed by atoms with E-state index < -0.39 is 17.9 Å². The molecule has 1 rings (SSSR count). The predicted octanol–water partition coefficient (Wildman–Crippen LogP) is 2.76. The smallest absolute Gasteiger partial charge is 0.326 e. The minimum atomic E-state index is -1.03. The van der Waals surface area contributed by atoms with Gasteiger partial charge < -0.3 is 10.4 Å². The maximum Gasteiger partial charge on any atom is 0.326 e. The molecule has 5 heteroatoms. The Labute approximate surface area is 124 Å². The quantitative estimate of drug-likeness (QED) is 0.775. The van der Waals surface area contributed by atoms with Gasteiger partial charge in [0.1, 0.15) is 11.9 Å². The Hall–Kier alpha value is -1.91. The molecule has 4 nitrogen and oxygen atoms in total. The summed E-state index contributed by atoms with van der Waals surface area (Å²) in [5.41, 5.74) is 0.459. The molecule has 1 aromatic rings. The number of benzene rings is 1. The van der Waals surface area contributed by atoms with Crippen LogP contribution in [0.15, 0.2) is 24.3 Å². The van der Waals surface area contributed by atoms with Gasteiger partial charge in [0.25, 0.3) is 0 Å². The third-order valence-electron chi connectivity index (χ3n) is 3.39. The molecule has 2 N–H and O–H groups in total. The number of hydrogen-bond donors (Lipinski definition) is 2. The van der Waals surface area contributed by atoms with Crippen molar-refractivity contribution in [3.05, 3.63) is 35.6 Å². The number of carboxylic acid groups (broad SMARTS) is 1. The van der Waals surface area contributed by atoms with Crippen molar-refractivity contribution in [3.63, 3.8) is 0 Å². The first-order valence-corrected chi connectivity index (χ1v) is 7.22. The number of unbranched alkanes of at least 4 members (excludes halogenated alkanes) is 1. The molecule has 0 heterocycles. The molecule has 1 aromatic carbocycles. The monoisotopic (exact) mass is 295 g/mol. The second-order valence-corrected chi connectivity index (χ2v) is 5.24. The Balaban J connectivity index is 2.61. The first-order chi connectivity index (χ1) is 9.95.